The van der Waals surface area contributed by atoms with E-state index in [1.54, 1.807) is 13.0 Å². The maximum atomic E-state index is 12.6. The Morgan fingerprint density at radius 1 is 1.73 bits per heavy atom. The molecule has 0 saturated heterocycles. The Kier molecular flexibility index (Phi) is 2.42. The zero-order valence-electron chi connectivity index (χ0n) is 6.01. The van der Waals surface area contributed by atoms with Crippen molar-refractivity contribution in [3.05, 3.63) is 28.8 Å². The van der Waals surface area contributed by atoms with Gasteiger partial charge in [0.05, 0.1) is 0 Å². The summed E-state index contributed by atoms with van der Waals surface area (Å²) in [7, 11) is 0. The maximum absolute atomic E-state index is 12.6. The van der Waals surface area contributed by atoms with Gasteiger partial charge in [0.2, 0.25) is 5.95 Å². The molecule has 1 atom stereocenters. The van der Waals surface area contributed by atoms with Gasteiger partial charge in [-0.25, -0.2) is 4.98 Å². The van der Waals surface area contributed by atoms with E-state index in [4.69, 9.17) is 17.3 Å². The molecule has 1 aromatic heterocycles. The number of rotatable bonds is 1. The fourth-order valence-electron chi connectivity index (χ4n) is 0.784. The Morgan fingerprint density at radius 2 is 2.36 bits per heavy atom. The lowest BCUT2D eigenvalue weighted by atomic mass is 10.1. The van der Waals surface area contributed by atoms with Crippen LogP contribution in [-0.4, -0.2) is 4.98 Å². The van der Waals surface area contributed by atoms with Gasteiger partial charge in [-0.05, 0) is 18.6 Å². The van der Waals surface area contributed by atoms with Gasteiger partial charge < -0.3 is 5.73 Å². The third-order valence-corrected chi connectivity index (χ3v) is 1.74. The number of hydrogen-bond donors (Lipinski definition) is 1. The largest absolute Gasteiger partial charge is 0.324 e. The van der Waals surface area contributed by atoms with Crippen LogP contribution in [0.4, 0.5) is 4.39 Å². The molecule has 0 aliphatic heterocycles. The first-order chi connectivity index (χ1) is 5.13. The summed E-state index contributed by atoms with van der Waals surface area (Å²) in [5, 5.41) is 0.0162. The fourth-order valence-corrected chi connectivity index (χ4v) is 1.07. The zero-order valence-corrected chi connectivity index (χ0v) is 6.77. The molecule has 0 spiro atoms. The Bertz CT molecular complexity index is 263. The van der Waals surface area contributed by atoms with Crippen LogP contribution in [-0.2, 0) is 0 Å². The summed E-state index contributed by atoms with van der Waals surface area (Å²) in [6, 6.07) is 1.34. The molecule has 0 bridgehead atoms. The lowest BCUT2D eigenvalue weighted by Gasteiger charge is -2.06. The minimum Gasteiger partial charge on any atom is -0.324 e. The van der Waals surface area contributed by atoms with Crippen LogP contribution in [0.3, 0.4) is 0 Å². The quantitative estimate of drug-likeness (QED) is 0.661. The second-order valence-electron chi connectivity index (χ2n) is 2.29. The monoisotopic (exact) mass is 174 g/mol. The van der Waals surface area contributed by atoms with Crippen molar-refractivity contribution in [2.24, 2.45) is 5.73 Å². The smallest absolute Gasteiger partial charge is 0.231 e. The molecule has 0 fully saturated rings. The van der Waals surface area contributed by atoms with Crippen molar-refractivity contribution in [1.29, 1.82) is 0 Å². The van der Waals surface area contributed by atoms with E-state index >= 15 is 0 Å². The highest BCUT2D eigenvalue weighted by molar-refractivity contribution is 6.31. The number of aromatic nitrogens is 1. The van der Waals surface area contributed by atoms with Crippen LogP contribution in [0.1, 0.15) is 18.5 Å². The van der Waals surface area contributed by atoms with E-state index in [1.165, 1.54) is 6.20 Å². The van der Waals surface area contributed by atoms with Crippen molar-refractivity contribution in [1.82, 2.24) is 4.98 Å². The molecule has 1 aromatic rings. The van der Waals surface area contributed by atoms with Gasteiger partial charge in [-0.2, -0.15) is 4.39 Å². The van der Waals surface area contributed by atoms with E-state index in [1.807, 2.05) is 0 Å². The van der Waals surface area contributed by atoms with Gasteiger partial charge in [0, 0.05) is 12.2 Å². The van der Waals surface area contributed by atoms with Gasteiger partial charge in [0.15, 0.2) is 0 Å². The van der Waals surface area contributed by atoms with Crippen LogP contribution in [0.2, 0.25) is 5.02 Å². The Labute approximate surface area is 69.2 Å². The van der Waals surface area contributed by atoms with Crippen molar-refractivity contribution in [3.63, 3.8) is 0 Å². The van der Waals surface area contributed by atoms with Crippen LogP contribution in [0.15, 0.2) is 12.3 Å². The normalized spacial score (nSPS) is 13.1. The zero-order chi connectivity index (χ0) is 8.43. The lowest BCUT2D eigenvalue weighted by molar-refractivity contribution is 0.579. The summed E-state index contributed by atoms with van der Waals surface area (Å²) in [4.78, 5) is 3.37. The standard InChI is InChI=1S/C7H8ClFN2/c1-4(10)5-2-3-11-7(9)6(5)8/h2-4H,10H2,1H3. The molecule has 1 unspecified atom stereocenters. The fraction of sp³-hybridized carbons (Fsp3) is 0.286. The van der Waals surface area contributed by atoms with Crippen LogP contribution in [0, 0.1) is 5.95 Å². The topological polar surface area (TPSA) is 38.9 Å². The molecule has 0 aliphatic rings. The van der Waals surface area contributed by atoms with E-state index in [9.17, 15) is 4.39 Å². The van der Waals surface area contributed by atoms with Gasteiger partial charge in [-0.3, -0.25) is 0 Å². The summed E-state index contributed by atoms with van der Waals surface area (Å²) in [6.07, 6.45) is 1.35. The van der Waals surface area contributed by atoms with Gasteiger partial charge in [-0.15, -0.1) is 0 Å². The Hall–Kier alpha value is -0.670. The lowest BCUT2D eigenvalue weighted by Crippen LogP contribution is -2.06. The van der Waals surface area contributed by atoms with Crippen LogP contribution in [0.25, 0.3) is 0 Å². The van der Waals surface area contributed by atoms with Crippen molar-refractivity contribution in [2.45, 2.75) is 13.0 Å². The summed E-state index contributed by atoms with van der Waals surface area (Å²) in [5.74, 6) is -0.665. The molecule has 2 N–H and O–H groups in total. The number of nitrogens with two attached hydrogens (primary N) is 1. The van der Waals surface area contributed by atoms with E-state index in [0.717, 1.165) is 0 Å². The average Bonchev–Trinajstić information content (AvgIpc) is 1.94. The van der Waals surface area contributed by atoms with Gasteiger partial charge >= 0.3 is 0 Å². The molecule has 1 rings (SSSR count). The number of hydrogen-bond acceptors (Lipinski definition) is 2. The van der Waals surface area contributed by atoms with Gasteiger partial charge in [0.25, 0.3) is 0 Å². The molecule has 60 valence electrons. The highest BCUT2D eigenvalue weighted by Crippen LogP contribution is 2.21. The predicted octanol–water partition coefficient (Wildman–Crippen LogP) is 1.89. The second-order valence-corrected chi connectivity index (χ2v) is 2.67. The average molecular weight is 175 g/mol. The first-order valence-electron chi connectivity index (χ1n) is 3.18. The van der Waals surface area contributed by atoms with E-state index < -0.39 is 5.95 Å². The summed E-state index contributed by atoms with van der Waals surface area (Å²) < 4.78 is 12.6. The van der Waals surface area contributed by atoms with Crippen molar-refractivity contribution >= 4 is 11.6 Å². The maximum Gasteiger partial charge on any atom is 0.231 e. The van der Waals surface area contributed by atoms with Gasteiger partial charge in [0.1, 0.15) is 5.02 Å². The van der Waals surface area contributed by atoms with E-state index in [-0.39, 0.29) is 11.1 Å². The van der Waals surface area contributed by atoms with E-state index in [0.29, 0.717) is 5.56 Å². The minimum atomic E-state index is -0.665. The minimum absolute atomic E-state index is 0.0162. The third kappa shape index (κ3) is 1.67. The van der Waals surface area contributed by atoms with E-state index in [2.05, 4.69) is 4.98 Å². The predicted molar refractivity (Wildman–Crippen MR) is 41.8 cm³/mol. The SMILES string of the molecule is CC(N)c1ccnc(F)c1Cl. The second kappa shape index (κ2) is 3.15. The molecular formula is C7H8ClFN2. The number of pyridine rings is 1. The molecule has 2 nitrogen and oxygen atoms in total. The van der Waals surface area contributed by atoms with Crippen molar-refractivity contribution < 1.29 is 4.39 Å². The van der Waals surface area contributed by atoms with Crippen molar-refractivity contribution in [3.8, 4) is 0 Å². The van der Waals surface area contributed by atoms with Crippen LogP contribution < -0.4 is 5.73 Å². The summed E-state index contributed by atoms with van der Waals surface area (Å²) in [6.45, 7) is 1.74. The first kappa shape index (κ1) is 8.43. The van der Waals surface area contributed by atoms with Crippen molar-refractivity contribution in [2.75, 3.05) is 0 Å². The number of halogens is 2. The molecule has 0 saturated carbocycles. The first-order valence-corrected chi connectivity index (χ1v) is 3.56. The summed E-state index contributed by atoms with van der Waals surface area (Å²) in [5.41, 5.74) is 6.09. The molecule has 0 aromatic carbocycles. The van der Waals surface area contributed by atoms with Crippen LogP contribution >= 0.6 is 11.6 Å². The highest BCUT2D eigenvalue weighted by atomic mass is 35.5. The molecule has 0 amide bonds. The Morgan fingerprint density at radius 3 is 2.82 bits per heavy atom. The highest BCUT2D eigenvalue weighted by Gasteiger charge is 2.09. The number of nitrogens with zero attached hydrogens (tertiary/aromatic N) is 1. The van der Waals surface area contributed by atoms with Crippen LogP contribution in [0.5, 0.6) is 0 Å². The molecule has 0 radical (unpaired) electrons. The van der Waals surface area contributed by atoms with Gasteiger partial charge in [-0.1, -0.05) is 11.6 Å². The summed E-state index contributed by atoms with van der Waals surface area (Å²) >= 11 is 5.57. The Balaban J connectivity index is 3.17. The molecule has 4 heteroatoms. The molecule has 1 heterocycles. The molecular weight excluding hydrogens is 167 g/mol. The molecule has 0 aliphatic carbocycles. The molecule has 11 heavy (non-hydrogen) atoms. The third-order valence-electron chi connectivity index (χ3n) is 1.37.